The molecule has 0 aliphatic carbocycles. The van der Waals surface area contributed by atoms with Gasteiger partial charge in [-0.15, -0.1) is 0 Å². The molecule has 2 aliphatic heterocycles. The molecule has 2 aromatic rings. The molecular formula is C21H26N2O. The summed E-state index contributed by atoms with van der Waals surface area (Å²) < 4.78 is 0. The third-order valence-corrected chi connectivity index (χ3v) is 6.06. The largest absolute Gasteiger partial charge is 0.342 e. The van der Waals surface area contributed by atoms with Crippen LogP contribution in [0.2, 0.25) is 0 Å². The molecule has 0 unspecified atom stereocenters. The zero-order valence-corrected chi connectivity index (χ0v) is 14.3. The van der Waals surface area contributed by atoms with Gasteiger partial charge in [0.2, 0.25) is 5.91 Å². The highest BCUT2D eigenvalue weighted by Crippen LogP contribution is 2.39. The minimum Gasteiger partial charge on any atom is -0.342 e. The van der Waals surface area contributed by atoms with Gasteiger partial charge in [0.05, 0.1) is 6.42 Å². The number of nitrogens with one attached hydrogen (secondary N) is 1. The van der Waals surface area contributed by atoms with Gasteiger partial charge in [0.25, 0.3) is 0 Å². The quantitative estimate of drug-likeness (QED) is 0.919. The SMILES string of the molecule is O=C(Cc1cccc2ccccc12)N1CCC2(CCNCC2)CC1. The summed E-state index contributed by atoms with van der Waals surface area (Å²) in [4.78, 5) is 14.9. The second-order valence-corrected chi connectivity index (χ2v) is 7.45. The van der Waals surface area contributed by atoms with Gasteiger partial charge in [-0.3, -0.25) is 4.79 Å². The Kier molecular flexibility index (Phi) is 4.28. The zero-order valence-electron chi connectivity index (χ0n) is 14.3. The molecule has 0 bridgehead atoms. The van der Waals surface area contributed by atoms with Crippen molar-refractivity contribution in [2.24, 2.45) is 5.41 Å². The molecule has 2 saturated heterocycles. The van der Waals surface area contributed by atoms with E-state index in [4.69, 9.17) is 0 Å². The van der Waals surface area contributed by atoms with Crippen molar-refractivity contribution in [3.63, 3.8) is 0 Å². The molecule has 1 spiro atoms. The smallest absolute Gasteiger partial charge is 0.227 e. The Hall–Kier alpha value is -1.87. The molecule has 3 nitrogen and oxygen atoms in total. The van der Waals surface area contributed by atoms with E-state index in [2.05, 4.69) is 52.7 Å². The standard InChI is InChI=1S/C21H26N2O/c24-20(16-18-6-3-5-17-4-1-2-7-19(17)18)23-14-10-21(11-15-23)8-12-22-13-9-21/h1-7,22H,8-16H2. The maximum atomic E-state index is 12.8. The average Bonchev–Trinajstić information content (AvgIpc) is 2.63. The Morgan fingerprint density at radius 1 is 0.958 bits per heavy atom. The zero-order chi connectivity index (χ0) is 16.4. The molecule has 2 aliphatic rings. The molecule has 4 rings (SSSR count). The second kappa shape index (κ2) is 6.56. The lowest BCUT2D eigenvalue weighted by molar-refractivity contribution is -0.133. The Labute approximate surface area is 144 Å². The average molecular weight is 322 g/mol. The van der Waals surface area contributed by atoms with E-state index in [1.807, 2.05) is 0 Å². The van der Waals surface area contributed by atoms with Gasteiger partial charge in [-0.25, -0.2) is 0 Å². The van der Waals surface area contributed by atoms with Crippen LogP contribution in [0.25, 0.3) is 10.8 Å². The van der Waals surface area contributed by atoms with Crippen LogP contribution in [-0.2, 0) is 11.2 Å². The molecule has 2 heterocycles. The summed E-state index contributed by atoms with van der Waals surface area (Å²) in [6.45, 7) is 4.15. The number of hydrogen-bond donors (Lipinski definition) is 1. The molecule has 2 aromatic carbocycles. The molecule has 3 heteroatoms. The first-order chi connectivity index (χ1) is 11.8. The highest BCUT2D eigenvalue weighted by molar-refractivity contribution is 5.90. The van der Waals surface area contributed by atoms with E-state index in [9.17, 15) is 4.79 Å². The van der Waals surface area contributed by atoms with Crippen LogP contribution in [0.3, 0.4) is 0 Å². The van der Waals surface area contributed by atoms with E-state index < -0.39 is 0 Å². The molecule has 24 heavy (non-hydrogen) atoms. The number of hydrogen-bond acceptors (Lipinski definition) is 2. The maximum Gasteiger partial charge on any atom is 0.227 e. The van der Waals surface area contributed by atoms with Gasteiger partial charge >= 0.3 is 0 Å². The van der Waals surface area contributed by atoms with Gasteiger partial charge in [0.1, 0.15) is 0 Å². The summed E-state index contributed by atoms with van der Waals surface area (Å²) in [6, 6.07) is 14.6. The number of carbonyl (C=O) groups excluding carboxylic acids is 1. The predicted octanol–water partition coefficient (Wildman–Crippen LogP) is 3.37. The van der Waals surface area contributed by atoms with Gasteiger partial charge in [-0.2, -0.15) is 0 Å². The molecular weight excluding hydrogens is 296 g/mol. The van der Waals surface area contributed by atoms with Crippen LogP contribution < -0.4 is 5.32 Å². The van der Waals surface area contributed by atoms with Crippen molar-refractivity contribution >= 4 is 16.7 Å². The second-order valence-electron chi connectivity index (χ2n) is 7.45. The molecule has 0 radical (unpaired) electrons. The number of fused-ring (bicyclic) bond motifs is 1. The lowest BCUT2D eigenvalue weighted by atomic mass is 9.71. The highest BCUT2D eigenvalue weighted by Gasteiger charge is 2.36. The number of likely N-dealkylation sites (tertiary alicyclic amines) is 1. The summed E-state index contributed by atoms with van der Waals surface area (Å²) >= 11 is 0. The summed E-state index contributed by atoms with van der Waals surface area (Å²) in [6.07, 6.45) is 5.43. The van der Waals surface area contributed by atoms with Crippen molar-refractivity contribution in [2.45, 2.75) is 32.1 Å². The summed E-state index contributed by atoms with van der Waals surface area (Å²) in [5.41, 5.74) is 1.65. The third kappa shape index (κ3) is 3.05. The highest BCUT2D eigenvalue weighted by atomic mass is 16.2. The van der Waals surface area contributed by atoms with Crippen molar-refractivity contribution in [1.82, 2.24) is 10.2 Å². The fourth-order valence-electron chi connectivity index (χ4n) is 4.41. The number of amides is 1. The third-order valence-electron chi connectivity index (χ3n) is 6.06. The molecule has 126 valence electrons. The number of piperidine rings is 2. The Morgan fingerprint density at radius 2 is 1.67 bits per heavy atom. The van der Waals surface area contributed by atoms with E-state index in [0.29, 0.717) is 11.8 Å². The van der Waals surface area contributed by atoms with Crippen molar-refractivity contribution in [3.8, 4) is 0 Å². The van der Waals surface area contributed by atoms with Crippen molar-refractivity contribution in [3.05, 3.63) is 48.0 Å². The minimum atomic E-state index is 0.287. The number of benzene rings is 2. The Bertz CT molecular complexity index is 718. The van der Waals surface area contributed by atoms with Crippen LogP contribution in [-0.4, -0.2) is 37.0 Å². The van der Waals surface area contributed by atoms with E-state index in [1.165, 1.54) is 36.5 Å². The molecule has 0 atom stereocenters. The molecule has 1 N–H and O–H groups in total. The number of carbonyl (C=O) groups is 1. The van der Waals surface area contributed by atoms with Crippen LogP contribution in [0.1, 0.15) is 31.2 Å². The van der Waals surface area contributed by atoms with E-state index >= 15 is 0 Å². The molecule has 1 amide bonds. The number of nitrogens with zero attached hydrogens (tertiary/aromatic N) is 1. The van der Waals surface area contributed by atoms with Gasteiger partial charge in [-0.1, -0.05) is 42.5 Å². The topological polar surface area (TPSA) is 32.3 Å². The first kappa shape index (κ1) is 15.6. The van der Waals surface area contributed by atoms with Gasteiger partial charge < -0.3 is 10.2 Å². The summed E-state index contributed by atoms with van der Waals surface area (Å²) in [5.74, 6) is 0.287. The fourth-order valence-corrected chi connectivity index (χ4v) is 4.41. The Morgan fingerprint density at radius 3 is 2.46 bits per heavy atom. The van der Waals surface area contributed by atoms with Crippen LogP contribution >= 0.6 is 0 Å². The van der Waals surface area contributed by atoms with Gasteiger partial charge in [-0.05, 0) is 60.5 Å². The van der Waals surface area contributed by atoms with Gasteiger partial charge in [0.15, 0.2) is 0 Å². The number of rotatable bonds is 2. The Balaban J connectivity index is 1.43. The molecule has 2 fully saturated rings. The first-order valence-corrected chi connectivity index (χ1v) is 9.21. The predicted molar refractivity (Wildman–Crippen MR) is 98.0 cm³/mol. The minimum absolute atomic E-state index is 0.287. The summed E-state index contributed by atoms with van der Waals surface area (Å²) in [5, 5.41) is 5.89. The van der Waals surface area contributed by atoms with E-state index in [1.54, 1.807) is 0 Å². The van der Waals surface area contributed by atoms with E-state index in [-0.39, 0.29) is 5.91 Å². The normalized spacial score (nSPS) is 20.4. The van der Waals surface area contributed by atoms with Crippen LogP contribution in [0.5, 0.6) is 0 Å². The maximum absolute atomic E-state index is 12.8. The molecule has 0 saturated carbocycles. The van der Waals surface area contributed by atoms with Gasteiger partial charge in [0, 0.05) is 13.1 Å². The first-order valence-electron chi connectivity index (χ1n) is 9.21. The van der Waals surface area contributed by atoms with Crippen molar-refractivity contribution in [2.75, 3.05) is 26.2 Å². The fraction of sp³-hybridized carbons (Fsp3) is 0.476. The molecule has 0 aromatic heterocycles. The van der Waals surface area contributed by atoms with Crippen molar-refractivity contribution in [1.29, 1.82) is 0 Å². The van der Waals surface area contributed by atoms with E-state index in [0.717, 1.165) is 31.7 Å². The summed E-state index contributed by atoms with van der Waals surface area (Å²) in [7, 11) is 0. The lowest BCUT2D eigenvalue weighted by Crippen LogP contribution is -2.47. The van der Waals surface area contributed by atoms with Crippen LogP contribution in [0.15, 0.2) is 42.5 Å². The van der Waals surface area contributed by atoms with Crippen molar-refractivity contribution < 1.29 is 4.79 Å². The van der Waals surface area contributed by atoms with Crippen LogP contribution in [0, 0.1) is 5.41 Å². The van der Waals surface area contributed by atoms with Crippen LogP contribution in [0.4, 0.5) is 0 Å². The lowest BCUT2D eigenvalue weighted by Gasteiger charge is -2.44. The monoisotopic (exact) mass is 322 g/mol.